The number of hydrogen-bond acceptors (Lipinski definition) is 3. The van der Waals surface area contributed by atoms with Gasteiger partial charge < -0.3 is 15.4 Å². The van der Waals surface area contributed by atoms with Gasteiger partial charge in [-0.05, 0) is 42.8 Å². The Morgan fingerprint density at radius 3 is 2.55 bits per heavy atom. The summed E-state index contributed by atoms with van der Waals surface area (Å²) in [6.07, 6.45) is 0. The summed E-state index contributed by atoms with van der Waals surface area (Å²) in [5.41, 5.74) is 2.69. The molecular weight excluding hydrogens is 252 g/mol. The van der Waals surface area contributed by atoms with E-state index in [9.17, 15) is 4.79 Å². The quantitative estimate of drug-likeness (QED) is 0.878. The minimum atomic E-state index is -0.0814. The molecule has 0 aromatic heterocycles. The van der Waals surface area contributed by atoms with Crippen molar-refractivity contribution in [2.75, 3.05) is 24.3 Å². The summed E-state index contributed by atoms with van der Waals surface area (Å²) >= 11 is 0. The fraction of sp³-hybridized carbons (Fsp3) is 0.188. The molecule has 0 heterocycles. The maximum atomic E-state index is 11.9. The third-order valence-electron chi connectivity index (χ3n) is 2.93. The van der Waals surface area contributed by atoms with Crippen molar-refractivity contribution in [1.29, 1.82) is 0 Å². The first-order valence-electron chi connectivity index (χ1n) is 6.42. The van der Waals surface area contributed by atoms with Crippen LogP contribution >= 0.6 is 0 Å². The minimum absolute atomic E-state index is 0.0814. The lowest BCUT2D eigenvalue weighted by Crippen LogP contribution is -2.22. The molecule has 0 unspecified atom stereocenters. The lowest BCUT2D eigenvalue weighted by molar-refractivity contribution is -0.114. The summed E-state index contributed by atoms with van der Waals surface area (Å²) in [6, 6.07) is 15.2. The zero-order valence-corrected chi connectivity index (χ0v) is 11.6. The highest BCUT2D eigenvalue weighted by Crippen LogP contribution is 2.20. The Morgan fingerprint density at radius 2 is 1.90 bits per heavy atom. The fourth-order valence-electron chi connectivity index (χ4n) is 1.84. The van der Waals surface area contributed by atoms with Gasteiger partial charge >= 0.3 is 0 Å². The molecule has 0 fully saturated rings. The van der Waals surface area contributed by atoms with Gasteiger partial charge in [0.1, 0.15) is 5.75 Å². The van der Waals surface area contributed by atoms with E-state index in [0.29, 0.717) is 0 Å². The highest BCUT2D eigenvalue weighted by atomic mass is 16.5. The number of benzene rings is 2. The molecule has 0 aliphatic rings. The van der Waals surface area contributed by atoms with Crippen molar-refractivity contribution < 1.29 is 9.53 Å². The van der Waals surface area contributed by atoms with Crippen molar-refractivity contribution in [2.45, 2.75) is 6.92 Å². The number of hydrogen-bond donors (Lipinski definition) is 2. The van der Waals surface area contributed by atoms with E-state index in [1.165, 1.54) is 0 Å². The molecule has 2 aromatic rings. The molecule has 0 saturated carbocycles. The molecule has 0 saturated heterocycles. The smallest absolute Gasteiger partial charge is 0.243 e. The molecule has 2 N–H and O–H groups in total. The molecule has 4 heteroatoms. The minimum Gasteiger partial charge on any atom is -0.497 e. The monoisotopic (exact) mass is 270 g/mol. The highest BCUT2D eigenvalue weighted by molar-refractivity contribution is 5.94. The van der Waals surface area contributed by atoms with Crippen LogP contribution in [0.4, 0.5) is 11.4 Å². The SMILES string of the molecule is COc1ccc(NC(=O)CNc2ccccc2)c(C)c1. The Hall–Kier alpha value is -2.49. The first kappa shape index (κ1) is 13.9. The summed E-state index contributed by atoms with van der Waals surface area (Å²) in [4.78, 5) is 11.9. The van der Waals surface area contributed by atoms with Crippen LogP contribution in [0.1, 0.15) is 5.56 Å². The van der Waals surface area contributed by atoms with Gasteiger partial charge in [0.25, 0.3) is 0 Å². The second kappa shape index (κ2) is 6.61. The van der Waals surface area contributed by atoms with Crippen molar-refractivity contribution >= 4 is 17.3 Å². The average molecular weight is 270 g/mol. The molecule has 20 heavy (non-hydrogen) atoms. The number of anilines is 2. The fourth-order valence-corrected chi connectivity index (χ4v) is 1.84. The maximum Gasteiger partial charge on any atom is 0.243 e. The number of rotatable bonds is 5. The van der Waals surface area contributed by atoms with E-state index in [1.807, 2.05) is 55.5 Å². The maximum absolute atomic E-state index is 11.9. The molecule has 0 spiro atoms. The number of methoxy groups -OCH3 is 1. The van der Waals surface area contributed by atoms with E-state index in [2.05, 4.69) is 10.6 Å². The molecule has 0 radical (unpaired) electrons. The largest absolute Gasteiger partial charge is 0.497 e. The van der Waals surface area contributed by atoms with E-state index in [-0.39, 0.29) is 12.5 Å². The summed E-state index contributed by atoms with van der Waals surface area (Å²) in [5, 5.41) is 5.94. The summed E-state index contributed by atoms with van der Waals surface area (Å²) in [7, 11) is 1.62. The molecule has 0 aliphatic heterocycles. The van der Waals surface area contributed by atoms with Crippen molar-refractivity contribution in [3.05, 3.63) is 54.1 Å². The lowest BCUT2D eigenvalue weighted by Gasteiger charge is -2.11. The third-order valence-corrected chi connectivity index (χ3v) is 2.93. The van der Waals surface area contributed by atoms with Crippen LogP contribution in [0.2, 0.25) is 0 Å². The number of nitrogens with one attached hydrogen (secondary N) is 2. The van der Waals surface area contributed by atoms with Gasteiger partial charge in [-0.3, -0.25) is 4.79 Å². The van der Waals surface area contributed by atoms with E-state index < -0.39 is 0 Å². The molecule has 4 nitrogen and oxygen atoms in total. The van der Waals surface area contributed by atoms with Crippen LogP contribution in [0.15, 0.2) is 48.5 Å². The van der Waals surface area contributed by atoms with Crippen LogP contribution in [0.3, 0.4) is 0 Å². The van der Waals surface area contributed by atoms with Crippen LogP contribution < -0.4 is 15.4 Å². The van der Waals surface area contributed by atoms with Crippen LogP contribution in [0.25, 0.3) is 0 Å². The number of aryl methyl sites for hydroxylation is 1. The summed E-state index contributed by atoms with van der Waals surface area (Å²) < 4.78 is 5.14. The Balaban J connectivity index is 1.91. The molecule has 1 amide bonds. The van der Waals surface area contributed by atoms with E-state index in [1.54, 1.807) is 7.11 Å². The number of carbonyl (C=O) groups excluding carboxylic acids is 1. The molecule has 0 bridgehead atoms. The van der Waals surface area contributed by atoms with Crippen LogP contribution in [0, 0.1) is 6.92 Å². The van der Waals surface area contributed by atoms with Crippen molar-refractivity contribution in [1.82, 2.24) is 0 Å². The number of carbonyl (C=O) groups is 1. The Bertz CT molecular complexity index is 582. The zero-order valence-electron chi connectivity index (χ0n) is 11.6. The van der Waals surface area contributed by atoms with Crippen LogP contribution in [-0.4, -0.2) is 19.6 Å². The second-order valence-electron chi connectivity index (χ2n) is 4.45. The predicted molar refractivity (Wildman–Crippen MR) is 81.3 cm³/mol. The third kappa shape index (κ3) is 3.75. The van der Waals surface area contributed by atoms with Gasteiger partial charge in [-0.1, -0.05) is 18.2 Å². The topological polar surface area (TPSA) is 50.4 Å². The number of ether oxygens (including phenoxy) is 1. The van der Waals surface area contributed by atoms with E-state index in [0.717, 1.165) is 22.7 Å². The van der Waals surface area contributed by atoms with Crippen LogP contribution in [0.5, 0.6) is 5.75 Å². The second-order valence-corrected chi connectivity index (χ2v) is 4.45. The van der Waals surface area contributed by atoms with Gasteiger partial charge in [0.2, 0.25) is 5.91 Å². The standard InChI is InChI=1S/C16H18N2O2/c1-12-10-14(20-2)8-9-15(12)18-16(19)11-17-13-6-4-3-5-7-13/h3-10,17H,11H2,1-2H3,(H,18,19). The summed E-state index contributed by atoms with van der Waals surface area (Å²) in [5.74, 6) is 0.699. The molecule has 2 rings (SSSR count). The average Bonchev–Trinajstić information content (AvgIpc) is 2.48. The normalized spacial score (nSPS) is 9.90. The highest BCUT2D eigenvalue weighted by Gasteiger charge is 2.05. The van der Waals surface area contributed by atoms with Crippen molar-refractivity contribution in [2.24, 2.45) is 0 Å². The number of amides is 1. The van der Waals surface area contributed by atoms with Gasteiger partial charge in [0.15, 0.2) is 0 Å². The van der Waals surface area contributed by atoms with Crippen LogP contribution in [-0.2, 0) is 4.79 Å². The van der Waals surface area contributed by atoms with Gasteiger partial charge in [-0.25, -0.2) is 0 Å². The Morgan fingerprint density at radius 1 is 1.15 bits per heavy atom. The van der Waals surface area contributed by atoms with Crippen molar-refractivity contribution in [3.8, 4) is 5.75 Å². The van der Waals surface area contributed by atoms with Gasteiger partial charge in [-0.2, -0.15) is 0 Å². The zero-order chi connectivity index (χ0) is 14.4. The molecule has 104 valence electrons. The van der Waals surface area contributed by atoms with Gasteiger partial charge in [0, 0.05) is 11.4 Å². The molecular formula is C16H18N2O2. The van der Waals surface area contributed by atoms with Crippen molar-refractivity contribution in [3.63, 3.8) is 0 Å². The Labute approximate surface area is 118 Å². The predicted octanol–water partition coefficient (Wildman–Crippen LogP) is 3.05. The first-order chi connectivity index (χ1) is 9.69. The molecule has 0 atom stereocenters. The van der Waals surface area contributed by atoms with E-state index in [4.69, 9.17) is 4.74 Å². The van der Waals surface area contributed by atoms with Gasteiger partial charge in [0.05, 0.1) is 13.7 Å². The lowest BCUT2D eigenvalue weighted by atomic mass is 10.2. The van der Waals surface area contributed by atoms with E-state index >= 15 is 0 Å². The first-order valence-corrected chi connectivity index (χ1v) is 6.42. The summed E-state index contributed by atoms with van der Waals surface area (Å²) in [6.45, 7) is 2.16. The Kier molecular flexibility index (Phi) is 4.60. The number of para-hydroxylation sites is 1. The molecule has 0 aliphatic carbocycles. The molecule has 2 aromatic carbocycles. The van der Waals surface area contributed by atoms with Gasteiger partial charge in [-0.15, -0.1) is 0 Å².